The van der Waals surface area contributed by atoms with Crippen LogP contribution < -0.4 is 5.32 Å². The lowest BCUT2D eigenvalue weighted by Gasteiger charge is -2.26. The summed E-state index contributed by atoms with van der Waals surface area (Å²) in [5.74, 6) is 0.551. The van der Waals surface area contributed by atoms with Gasteiger partial charge in [0, 0.05) is 24.4 Å². The smallest absolute Gasteiger partial charge is 0.226 e. The monoisotopic (exact) mass is 205 g/mol. The van der Waals surface area contributed by atoms with Gasteiger partial charge >= 0.3 is 0 Å². The second-order valence-electron chi connectivity index (χ2n) is 4.64. The summed E-state index contributed by atoms with van der Waals surface area (Å²) in [5.41, 5.74) is 0.974. The third kappa shape index (κ3) is 1.14. The number of hydrogen-bond donors (Lipinski definition) is 2. The average Bonchev–Trinajstić information content (AvgIpc) is 2.93. The van der Waals surface area contributed by atoms with Gasteiger partial charge in [0.15, 0.2) is 0 Å². The standard InChI is InChI=1S/C11H15N3O/c15-10-11(4-1-2-5-11)8(7-12-10)9-3-6-13-14-9/h3,6,8H,1-2,4-5,7H2,(H,12,15)(H,13,14)/t8-/m0/s1. The predicted octanol–water partition coefficient (Wildman–Crippen LogP) is 1.18. The number of nitrogens with zero attached hydrogens (tertiary/aromatic N) is 1. The molecule has 1 aliphatic heterocycles. The van der Waals surface area contributed by atoms with E-state index < -0.39 is 0 Å². The minimum absolute atomic E-state index is 0.132. The number of carbonyl (C=O) groups excluding carboxylic acids is 1. The molecule has 3 rings (SSSR count). The van der Waals surface area contributed by atoms with Crippen molar-refractivity contribution in [2.45, 2.75) is 31.6 Å². The molecule has 2 N–H and O–H groups in total. The number of carbonyl (C=O) groups is 1. The Morgan fingerprint density at radius 3 is 2.87 bits per heavy atom. The van der Waals surface area contributed by atoms with Crippen molar-refractivity contribution in [2.24, 2.45) is 5.41 Å². The van der Waals surface area contributed by atoms with Gasteiger partial charge in [0.2, 0.25) is 5.91 Å². The number of H-pyrrole nitrogens is 1. The highest BCUT2D eigenvalue weighted by atomic mass is 16.2. The third-order valence-corrected chi connectivity index (χ3v) is 3.98. The van der Waals surface area contributed by atoms with Crippen molar-refractivity contribution in [1.29, 1.82) is 0 Å². The fraction of sp³-hybridized carbons (Fsp3) is 0.636. The van der Waals surface area contributed by atoms with Crippen LogP contribution >= 0.6 is 0 Å². The lowest BCUT2D eigenvalue weighted by atomic mass is 9.74. The Kier molecular flexibility index (Phi) is 1.84. The number of rotatable bonds is 1. The van der Waals surface area contributed by atoms with Crippen molar-refractivity contribution < 1.29 is 4.79 Å². The van der Waals surface area contributed by atoms with Crippen molar-refractivity contribution in [3.05, 3.63) is 18.0 Å². The molecule has 4 heteroatoms. The van der Waals surface area contributed by atoms with Crippen LogP contribution in [0.15, 0.2) is 12.3 Å². The van der Waals surface area contributed by atoms with Gasteiger partial charge in [-0.25, -0.2) is 0 Å². The van der Waals surface area contributed by atoms with E-state index in [0.717, 1.165) is 25.1 Å². The zero-order valence-electron chi connectivity index (χ0n) is 8.62. The van der Waals surface area contributed by atoms with Crippen LogP contribution in [0.25, 0.3) is 0 Å². The molecule has 0 aromatic carbocycles. The lowest BCUT2D eigenvalue weighted by molar-refractivity contribution is -0.127. The van der Waals surface area contributed by atoms with Gasteiger partial charge in [0.1, 0.15) is 0 Å². The maximum Gasteiger partial charge on any atom is 0.226 e. The first-order valence-electron chi connectivity index (χ1n) is 5.60. The van der Waals surface area contributed by atoms with Crippen LogP contribution in [0.1, 0.15) is 37.3 Å². The Bertz CT molecular complexity index is 365. The van der Waals surface area contributed by atoms with E-state index in [1.54, 1.807) is 6.20 Å². The summed E-state index contributed by atoms with van der Waals surface area (Å²) in [4.78, 5) is 12.0. The second-order valence-corrected chi connectivity index (χ2v) is 4.64. The summed E-state index contributed by atoms with van der Waals surface area (Å²) in [5, 5.41) is 9.99. The van der Waals surface area contributed by atoms with Crippen molar-refractivity contribution in [1.82, 2.24) is 15.5 Å². The molecular weight excluding hydrogens is 190 g/mol. The van der Waals surface area contributed by atoms with Crippen molar-refractivity contribution in [2.75, 3.05) is 6.54 Å². The normalized spacial score (nSPS) is 28.5. The van der Waals surface area contributed by atoms with Gasteiger partial charge in [0.05, 0.1) is 5.41 Å². The largest absolute Gasteiger partial charge is 0.355 e. The summed E-state index contributed by atoms with van der Waals surface area (Å²) in [6, 6.07) is 1.99. The van der Waals surface area contributed by atoms with E-state index in [1.165, 1.54) is 12.8 Å². The Balaban J connectivity index is 1.99. The van der Waals surface area contributed by atoms with Crippen LogP contribution in [0.2, 0.25) is 0 Å². The minimum Gasteiger partial charge on any atom is -0.355 e. The molecule has 4 nitrogen and oxygen atoms in total. The summed E-state index contributed by atoms with van der Waals surface area (Å²) in [6.45, 7) is 0.765. The zero-order chi connectivity index (χ0) is 10.3. The number of amides is 1. The molecule has 1 saturated carbocycles. The first-order chi connectivity index (χ1) is 7.33. The van der Waals surface area contributed by atoms with Crippen LogP contribution in [0, 0.1) is 5.41 Å². The van der Waals surface area contributed by atoms with Gasteiger partial charge in [-0.05, 0) is 18.9 Å². The van der Waals surface area contributed by atoms with Gasteiger partial charge in [0.25, 0.3) is 0 Å². The Hall–Kier alpha value is -1.32. The molecule has 1 amide bonds. The van der Waals surface area contributed by atoms with Gasteiger partial charge in [-0.1, -0.05) is 12.8 Å². The molecule has 0 bridgehead atoms. The second kappa shape index (κ2) is 3.08. The predicted molar refractivity (Wildman–Crippen MR) is 55.2 cm³/mol. The third-order valence-electron chi connectivity index (χ3n) is 3.98. The highest BCUT2D eigenvalue weighted by Gasteiger charge is 2.52. The van der Waals surface area contributed by atoms with Crippen LogP contribution in [0.3, 0.4) is 0 Å². The van der Waals surface area contributed by atoms with Crippen LogP contribution in [0.4, 0.5) is 0 Å². The molecular formula is C11H15N3O. The Labute approximate surface area is 88.4 Å². The van der Waals surface area contributed by atoms with E-state index in [-0.39, 0.29) is 11.3 Å². The van der Waals surface area contributed by atoms with E-state index >= 15 is 0 Å². The highest BCUT2D eigenvalue weighted by molar-refractivity contribution is 5.86. The van der Waals surface area contributed by atoms with Crippen LogP contribution in [-0.2, 0) is 4.79 Å². The molecule has 1 saturated heterocycles. The number of hydrogen-bond acceptors (Lipinski definition) is 2. The number of aromatic nitrogens is 2. The summed E-state index contributed by atoms with van der Waals surface area (Å²) in [7, 11) is 0. The average molecular weight is 205 g/mol. The van der Waals surface area contributed by atoms with Crippen molar-refractivity contribution in [3.63, 3.8) is 0 Å². The molecule has 1 aromatic rings. The molecule has 2 aliphatic rings. The molecule has 1 atom stereocenters. The molecule has 80 valence electrons. The molecule has 0 radical (unpaired) electrons. The van der Waals surface area contributed by atoms with Gasteiger partial charge in [-0.3, -0.25) is 9.89 Å². The molecule has 2 fully saturated rings. The summed E-state index contributed by atoms with van der Waals surface area (Å²) in [6.07, 6.45) is 6.18. The SMILES string of the molecule is O=C1NC[C@@H](c2ccn[nH]2)C12CCCC2. The molecule has 1 aliphatic carbocycles. The quantitative estimate of drug-likeness (QED) is 0.723. The van der Waals surface area contributed by atoms with Crippen molar-refractivity contribution in [3.8, 4) is 0 Å². The van der Waals surface area contributed by atoms with E-state index in [0.29, 0.717) is 5.92 Å². The van der Waals surface area contributed by atoms with E-state index in [1.807, 2.05) is 6.07 Å². The molecule has 15 heavy (non-hydrogen) atoms. The van der Waals surface area contributed by atoms with Crippen LogP contribution in [0.5, 0.6) is 0 Å². The maximum atomic E-state index is 12.0. The Morgan fingerprint density at radius 2 is 2.20 bits per heavy atom. The fourth-order valence-electron chi connectivity index (χ4n) is 3.17. The Morgan fingerprint density at radius 1 is 1.40 bits per heavy atom. The van der Waals surface area contributed by atoms with Gasteiger partial charge < -0.3 is 5.32 Å². The van der Waals surface area contributed by atoms with Gasteiger partial charge in [-0.2, -0.15) is 5.10 Å². The zero-order valence-corrected chi connectivity index (χ0v) is 8.62. The number of aromatic amines is 1. The first-order valence-corrected chi connectivity index (χ1v) is 5.60. The first kappa shape index (κ1) is 8.95. The summed E-state index contributed by atoms with van der Waals surface area (Å²) < 4.78 is 0. The molecule has 1 aromatic heterocycles. The number of nitrogens with one attached hydrogen (secondary N) is 2. The molecule has 1 spiro atoms. The molecule has 0 unspecified atom stereocenters. The lowest BCUT2D eigenvalue weighted by Crippen LogP contribution is -2.31. The maximum absolute atomic E-state index is 12.0. The van der Waals surface area contributed by atoms with Crippen molar-refractivity contribution >= 4 is 5.91 Å². The summed E-state index contributed by atoms with van der Waals surface area (Å²) >= 11 is 0. The van der Waals surface area contributed by atoms with E-state index in [4.69, 9.17) is 0 Å². The van der Waals surface area contributed by atoms with E-state index in [2.05, 4.69) is 15.5 Å². The fourth-order valence-corrected chi connectivity index (χ4v) is 3.17. The highest BCUT2D eigenvalue weighted by Crippen LogP contribution is 2.50. The topological polar surface area (TPSA) is 57.8 Å². The minimum atomic E-state index is -0.132. The van der Waals surface area contributed by atoms with E-state index in [9.17, 15) is 4.79 Å². The van der Waals surface area contributed by atoms with Crippen LogP contribution in [-0.4, -0.2) is 22.6 Å². The molecule has 2 heterocycles. The van der Waals surface area contributed by atoms with Gasteiger partial charge in [-0.15, -0.1) is 0 Å².